The van der Waals surface area contributed by atoms with Crippen LogP contribution in [-0.2, 0) is 5.41 Å². The summed E-state index contributed by atoms with van der Waals surface area (Å²) < 4.78 is 0. The van der Waals surface area contributed by atoms with E-state index < -0.39 is 0 Å². The van der Waals surface area contributed by atoms with Gasteiger partial charge in [0.15, 0.2) is 0 Å². The molecule has 1 aromatic rings. The Morgan fingerprint density at radius 1 is 1.17 bits per heavy atom. The number of nitrogens with zero attached hydrogens (tertiary/aromatic N) is 1. The Kier molecular flexibility index (Phi) is 5.83. The molecule has 0 saturated carbocycles. The molecule has 0 aromatic heterocycles. The second-order valence-corrected chi connectivity index (χ2v) is 5.47. The maximum atomic E-state index is 9.79. The molecule has 2 nitrogen and oxygen atoms in total. The van der Waals surface area contributed by atoms with Gasteiger partial charge >= 0.3 is 0 Å². The molecule has 0 bridgehead atoms. The highest BCUT2D eigenvalue weighted by Gasteiger charge is 2.28. The van der Waals surface area contributed by atoms with Gasteiger partial charge in [0.25, 0.3) is 0 Å². The molecule has 0 amide bonds. The SMILES string of the molecule is CCC(CC)N(C)CC(C)(CO)c1ccccc1. The van der Waals surface area contributed by atoms with E-state index in [1.54, 1.807) is 0 Å². The third-order valence-electron chi connectivity index (χ3n) is 3.98. The van der Waals surface area contributed by atoms with Crippen molar-refractivity contribution < 1.29 is 5.11 Å². The lowest BCUT2D eigenvalue weighted by molar-refractivity contribution is 0.130. The number of benzene rings is 1. The molecule has 0 spiro atoms. The van der Waals surface area contributed by atoms with Crippen LogP contribution in [0.25, 0.3) is 0 Å². The van der Waals surface area contributed by atoms with Crippen LogP contribution in [0.5, 0.6) is 0 Å². The first-order valence-electron chi connectivity index (χ1n) is 6.94. The van der Waals surface area contributed by atoms with E-state index in [9.17, 15) is 5.11 Å². The molecule has 18 heavy (non-hydrogen) atoms. The Labute approximate surface area is 112 Å². The third kappa shape index (κ3) is 3.56. The molecule has 102 valence electrons. The van der Waals surface area contributed by atoms with E-state index in [1.165, 1.54) is 5.56 Å². The van der Waals surface area contributed by atoms with Crippen molar-refractivity contribution in [3.63, 3.8) is 0 Å². The lowest BCUT2D eigenvalue weighted by atomic mass is 9.82. The molecule has 1 unspecified atom stereocenters. The van der Waals surface area contributed by atoms with E-state index in [0.717, 1.165) is 19.4 Å². The molecular weight excluding hydrogens is 222 g/mol. The number of likely N-dealkylation sites (N-methyl/N-ethyl adjacent to an activating group) is 1. The van der Waals surface area contributed by atoms with E-state index in [4.69, 9.17) is 0 Å². The lowest BCUT2D eigenvalue weighted by Crippen LogP contribution is -2.43. The van der Waals surface area contributed by atoms with Crippen molar-refractivity contribution in [3.05, 3.63) is 35.9 Å². The van der Waals surface area contributed by atoms with Crippen LogP contribution >= 0.6 is 0 Å². The van der Waals surface area contributed by atoms with Crippen LogP contribution in [0, 0.1) is 0 Å². The fourth-order valence-corrected chi connectivity index (χ4v) is 2.66. The Morgan fingerprint density at radius 3 is 2.17 bits per heavy atom. The average Bonchev–Trinajstić information content (AvgIpc) is 2.41. The van der Waals surface area contributed by atoms with E-state index in [1.807, 2.05) is 18.2 Å². The highest BCUT2D eigenvalue weighted by atomic mass is 16.3. The minimum Gasteiger partial charge on any atom is -0.395 e. The first-order valence-corrected chi connectivity index (χ1v) is 6.94. The topological polar surface area (TPSA) is 23.5 Å². The largest absolute Gasteiger partial charge is 0.395 e. The smallest absolute Gasteiger partial charge is 0.0537 e. The summed E-state index contributed by atoms with van der Waals surface area (Å²) in [5, 5.41) is 9.79. The van der Waals surface area contributed by atoms with Gasteiger partial charge in [0.05, 0.1) is 6.61 Å². The predicted molar refractivity (Wildman–Crippen MR) is 77.9 cm³/mol. The molecule has 2 heteroatoms. The second kappa shape index (κ2) is 6.91. The van der Waals surface area contributed by atoms with Crippen molar-refractivity contribution in [2.24, 2.45) is 0 Å². The Balaban J connectivity index is 2.83. The van der Waals surface area contributed by atoms with E-state index in [-0.39, 0.29) is 12.0 Å². The van der Waals surface area contributed by atoms with Crippen molar-refractivity contribution in [2.75, 3.05) is 20.2 Å². The molecular formula is C16H27NO. The van der Waals surface area contributed by atoms with E-state index >= 15 is 0 Å². The van der Waals surface area contributed by atoms with Crippen LogP contribution in [0.4, 0.5) is 0 Å². The van der Waals surface area contributed by atoms with Gasteiger partial charge in [-0.05, 0) is 25.5 Å². The average molecular weight is 249 g/mol. The number of rotatable bonds is 7. The summed E-state index contributed by atoms with van der Waals surface area (Å²) in [7, 11) is 2.16. The zero-order chi connectivity index (χ0) is 13.6. The summed E-state index contributed by atoms with van der Waals surface area (Å²) in [6.07, 6.45) is 2.31. The highest BCUT2D eigenvalue weighted by molar-refractivity contribution is 5.25. The number of aliphatic hydroxyl groups excluding tert-OH is 1. The monoisotopic (exact) mass is 249 g/mol. The second-order valence-electron chi connectivity index (χ2n) is 5.47. The first-order chi connectivity index (χ1) is 8.57. The first kappa shape index (κ1) is 15.2. The van der Waals surface area contributed by atoms with Crippen molar-refractivity contribution in [1.29, 1.82) is 0 Å². The number of hydrogen-bond acceptors (Lipinski definition) is 2. The van der Waals surface area contributed by atoms with Crippen LogP contribution in [0.2, 0.25) is 0 Å². The van der Waals surface area contributed by atoms with Gasteiger partial charge in [0, 0.05) is 18.0 Å². The van der Waals surface area contributed by atoms with Crippen LogP contribution in [-0.4, -0.2) is 36.2 Å². The van der Waals surface area contributed by atoms with Gasteiger partial charge in [0.2, 0.25) is 0 Å². The van der Waals surface area contributed by atoms with Gasteiger partial charge in [-0.15, -0.1) is 0 Å². The fraction of sp³-hybridized carbons (Fsp3) is 0.625. The van der Waals surface area contributed by atoms with Crippen molar-refractivity contribution in [1.82, 2.24) is 4.90 Å². The maximum Gasteiger partial charge on any atom is 0.0537 e. The highest BCUT2D eigenvalue weighted by Crippen LogP contribution is 2.25. The molecule has 0 radical (unpaired) electrons. The molecule has 0 heterocycles. The zero-order valence-electron chi connectivity index (χ0n) is 12.2. The van der Waals surface area contributed by atoms with Gasteiger partial charge in [-0.25, -0.2) is 0 Å². The Hall–Kier alpha value is -0.860. The molecule has 0 aliphatic heterocycles. The molecule has 0 aliphatic rings. The Morgan fingerprint density at radius 2 is 1.72 bits per heavy atom. The Bertz CT molecular complexity index is 334. The summed E-state index contributed by atoms with van der Waals surface area (Å²) in [5.41, 5.74) is 1.03. The summed E-state index contributed by atoms with van der Waals surface area (Å²) >= 11 is 0. The van der Waals surface area contributed by atoms with Gasteiger partial charge < -0.3 is 10.0 Å². The minimum atomic E-state index is -0.182. The van der Waals surface area contributed by atoms with Gasteiger partial charge in [0.1, 0.15) is 0 Å². The van der Waals surface area contributed by atoms with Crippen LogP contribution < -0.4 is 0 Å². The summed E-state index contributed by atoms with van der Waals surface area (Å²) in [6, 6.07) is 10.9. The number of aliphatic hydroxyl groups is 1. The van der Waals surface area contributed by atoms with Gasteiger partial charge in [-0.3, -0.25) is 0 Å². The van der Waals surface area contributed by atoms with Crippen molar-refractivity contribution in [3.8, 4) is 0 Å². The normalized spacial score (nSPS) is 15.1. The van der Waals surface area contributed by atoms with Gasteiger partial charge in [-0.2, -0.15) is 0 Å². The summed E-state index contributed by atoms with van der Waals surface area (Å²) in [5.74, 6) is 0. The zero-order valence-corrected chi connectivity index (χ0v) is 12.2. The predicted octanol–water partition coefficient (Wildman–Crippen LogP) is 3.06. The van der Waals surface area contributed by atoms with Crippen molar-refractivity contribution >= 4 is 0 Å². The number of hydrogen-bond donors (Lipinski definition) is 1. The lowest BCUT2D eigenvalue weighted by Gasteiger charge is -2.36. The molecule has 1 aromatic carbocycles. The van der Waals surface area contributed by atoms with Crippen LogP contribution in [0.15, 0.2) is 30.3 Å². The minimum absolute atomic E-state index is 0.182. The van der Waals surface area contributed by atoms with Crippen LogP contribution in [0.1, 0.15) is 39.2 Å². The molecule has 1 atom stereocenters. The molecule has 0 aliphatic carbocycles. The standard InChI is InChI=1S/C16H27NO/c1-5-15(6-2)17(4)12-16(3,13-18)14-10-8-7-9-11-14/h7-11,15,18H,5-6,12-13H2,1-4H3. The van der Waals surface area contributed by atoms with E-state index in [2.05, 4.69) is 44.9 Å². The summed E-state index contributed by atoms with van der Waals surface area (Å²) in [6.45, 7) is 7.66. The molecule has 1 N–H and O–H groups in total. The molecule has 1 rings (SSSR count). The molecule has 0 fully saturated rings. The van der Waals surface area contributed by atoms with Crippen molar-refractivity contribution in [2.45, 2.75) is 45.1 Å². The maximum absolute atomic E-state index is 9.79. The van der Waals surface area contributed by atoms with E-state index in [0.29, 0.717) is 6.04 Å². The summed E-state index contributed by atoms with van der Waals surface area (Å²) in [4.78, 5) is 2.38. The van der Waals surface area contributed by atoms with Crippen LogP contribution in [0.3, 0.4) is 0 Å². The third-order valence-corrected chi connectivity index (χ3v) is 3.98. The molecule has 0 saturated heterocycles. The fourth-order valence-electron chi connectivity index (χ4n) is 2.66. The van der Waals surface area contributed by atoms with Gasteiger partial charge in [-0.1, -0.05) is 51.1 Å². The quantitative estimate of drug-likeness (QED) is 0.803.